The van der Waals surface area contributed by atoms with E-state index in [2.05, 4.69) is 9.47 Å². The van der Waals surface area contributed by atoms with Gasteiger partial charge in [0.2, 0.25) is 0 Å². The molecular formula is C13H11NO4. The molecule has 92 valence electrons. The molecule has 0 aliphatic heterocycles. The van der Waals surface area contributed by atoms with Gasteiger partial charge in [-0.2, -0.15) is 5.26 Å². The van der Waals surface area contributed by atoms with Crippen molar-refractivity contribution in [3.05, 3.63) is 41.5 Å². The highest BCUT2D eigenvalue weighted by atomic mass is 16.5. The van der Waals surface area contributed by atoms with Crippen LogP contribution in [0.15, 0.2) is 30.3 Å². The Bertz CT molecular complexity index is 497. The standard InChI is InChI=1S/C13H11NO4/c1-17-13(16)11-5-2-10(3-6-11)4-7-12(15)18-9-8-14/h2-7H,9H2,1H3/b7-4+. The molecule has 0 fully saturated rings. The molecule has 0 atom stereocenters. The van der Waals surface area contributed by atoms with Gasteiger partial charge >= 0.3 is 11.9 Å². The predicted octanol–water partition coefficient (Wildman–Crippen LogP) is 1.55. The van der Waals surface area contributed by atoms with E-state index in [-0.39, 0.29) is 6.61 Å². The van der Waals surface area contributed by atoms with Crippen molar-refractivity contribution < 1.29 is 19.1 Å². The fraction of sp³-hybridized carbons (Fsp3) is 0.154. The van der Waals surface area contributed by atoms with E-state index in [1.807, 2.05) is 0 Å². The Kier molecular flexibility index (Phi) is 5.13. The second-order valence-electron chi connectivity index (χ2n) is 3.21. The average molecular weight is 245 g/mol. The van der Waals surface area contributed by atoms with Crippen molar-refractivity contribution >= 4 is 18.0 Å². The maximum absolute atomic E-state index is 11.2. The summed E-state index contributed by atoms with van der Waals surface area (Å²) in [5, 5.41) is 8.21. The summed E-state index contributed by atoms with van der Waals surface area (Å²) in [6, 6.07) is 8.21. The van der Waals surface area contributed by atoms with Crippen LogP contribution in [0.1, 0.15) is 15.9 Å². The number of carbonyl (C=O) groups is 2. The SMILES string of the molecule is COC(=O)c1ccc(/C=C/C(=O)OCC#N)cc1. The summed E-state index contributed by atoms with van der Waals surface area (Å²) in [4.78, 5) is 22.2. The summed E-state index contributed by atoms with van der Waals surface area (Å²) < 4.78 is 9.09. The monoisotopic (exact) mass is 245 g/mol. The van der Waals surface area contributed by atoms with Gasteiger partial charge in [-0.1, -0.05) is 12.1 Å². The van der Waals surface area contributed by atoms with Gasteiger partial charge in [-0.15, -0.1) is 0 Å². The number of nitriles is 1. The maximum Gasteiger partial charge on any atom is 0.337 e. The van der Waals surface area contributed by atoms with Crippen molar-refractivity contribution in [3.8, 4) is 6.07 Å². The molecule has 0 radical (unpaired) electrons. The number of benzene rings is 1. The molecule has 0 spiro atoms. The third-order valence-corrected chi connectivity index (χ3v) is 2.02. The molecule has 0 aliphatic rings. The van der Waals surface area contributed by atoms with E-state index in [0.29, 0.717) is 5.56 Å². The van der Waals surface area contributed by atoms with Gasteiger partial charge in [0.25, 0.3) is 0 Å². The third-order valence-electron chi connectivity index (χ3n) is 2.02. The molecule has 0 N–H and O–H groups in total. The molecule has 1 aromatic carbocycles. The molecule has 0 saturated heterocycles. The highest BCUT2D eigenvalue weighted by Crippen LogP contribution is 2.07. The highest BCUT2D eigenvalue weighted by molar-refractivity contribution is 5.90. The molecule has 0 heterocycles. The highest BCUT2D eigenvalue weighted by Gasteiger charge is 2.03. The molecule has 0 saturated carbocycles. The number of hydrogen-bond acceptors (Lipinski definition) is 5. The van der Waals surface area contributed by atoms with Gasteiger partial charge in [0.1, 0.15) is 6.07 Å². The van der Waals surface area contributed by atoms with E-state index < -0.39 is 11.9 Å². The zero-order valence-electron chi connectivity index (χ0n) is 9.75. The lowest BCUT2D eigenvalue weighted by molar-refractivity contribution is -0.136. The van der Waals surface area contributed by atoms with Crippen molar-refractivity contribution in [3.63, 3.8) is 0 Å². The van der Waals surface area contributed by atoms with Crippen LogP contribution >= 0.6 is 0 Å². The van der Waals surface area contributed by atoms with Gasteiger partial charge in [0.05, 0.1) is 12.7 Å². The van der Waals surface area contributed by atoms with Gasteiger partial charge < -0.3 is 9.47 Å². The molecule has 0 amide bonds. The molecule has 5 nitrogen and oxygen atoms in total. The van der Waals surface area contributed by atoms with E-state index in [4.69, 9.17) is 5.26 Å². The molecule has 0 unspecified atom stereocenters. The summed E-state index contributed by atoms with van der Waals surface area (Å²) in [7, 11) is 1.31. The third kappa shape index (κ3) is 4.10. The van der Waals surface area contributed by atoms with Crippen molar-refractivity contribution in [2.24, 2.45) is 0 Å². The number of methoxy groups -OCH3 is 1. The normalized spacial score (nSPS) is 9.78. The van der Waals surface area contributed by atoms with Crippen LogP contribution in [0.3, 0.4) is 0 Å². The summed E-state index contributed by atoms with van der Waals surface area (Å²) in [6.07, 6.45) is 2.74. The van der Waals surface area contributed by atoms with Crippen molar-refractivity contribution in [2.75, 3.05) is 13.7 Å². The van der Waals surface area contributed by atoms with E-state index >= 15 is 0 Å². The first-order chi connectivity index (χ1) is 8.67. The Morgan fingerprint density at radius 2 is 2.00 bits per heavy atom. The van der Waals surface area contributed by atoms with E-state index in [0.717, 1.165) is 5.56 Å². The molecule has 1 aromatic rings. The zero-order valence-corrected chi connectivity index (χ0v) is 9.75. The first-order valence-corrected chi connectivity index (χ1v) is 5.07. The van der Waals surface area contributed by atoms with Crippen LogP contribution in [0, 0.1) is 11.3 Å². The van der Waals surface area contributed by atoms with E-state index in [9.17, 15) is 9.59 Å². The Morgan fingerprint density at radius 1 is 1.33 bits per heavy atom. The van der Waals surface area contributed by atoms with Crippen LogP contribution in [-0.4, -0.2) is 25.7 Å². The lowest BCUT2D eigenvalue weighted by atomic mass is 10.1. The molecular weight excluding hydrogens is 234 g/mol. The molecule has 0 aliphatic carbocycles. The summed E-state index contributed by atoms with van der Waals surface area (Å²) in [5.41, 5.74) is 1.17. The van der Waals surface area contributed by atoms with Gasteiger partial charge in [0, 0.05) is 6.08 Å². The Balaban J connectivity index is 2.64. The molecule has 0 bridgehead atoms. The largest absolute Gasteiger partial charge is 0.465 e. The maximum atomic E-state index is 11.2. The van der Waals surface area contributed by atoms with Crippen LogP contribution in [-0.2, 0) is 14.3 Å². The van der Waals surface area contributed by atoms with Crippen molar-refractivity contribution in [1.29, 1.82) is 5.26 Å². The lowest BCUT2D eigenvalue weighted by Crippen LogP contribution is -2.01. The Hall–Kier alpha value is -2.61. The minimum atomic E-state index is -0.589. The lowest BCUT2D eigenvalue weighted by Gasteiger charge is -1.99. The quantitative estimate of drug-likeness (QED) is 0.594. The van der Waals surface area contributed by atoms with Gasteiger partial charge in [-0.25, -0.2) is 9.59 Å². The fourth-order valence-electron chi connectivity index (χ4n) is 1.16. The minimum absolute atomic E-state index is 0.273. The van der Waals surface area contributed by atoms with Crippen LogP contribution in [0.4, 0.5) is 0 Å². The first kappa shape index (κ1) is 13.5. The second kappa shape index (κ2) is 6.86. The molecule has 1 rings (SSSR count). The van der Waals surface area contributed by atoms with Crippen LogP contribution in [0.25, 0.3) is 6.08 Å². The van der Waals surface area contributed by atoms with E-state index in [1.165, 1.54) is 19.3 Å². The van der Waals surface area contributed by atoms with Crippen LogP contribution < -0.4 is 0 Å². The van der Waals surface area contributed by atoms with Crippen LogP contribution in [0.2, 0.25) is 0 Å². The zero-order chi connectivity index (χ0) is 13.4. The number of hydrogen-bond donors (Lipinski definition) is 0. The van der Waals surface area contributed by atoms with Crippen molar-refractivity contribution in [1.82, 2.24) is 0 Å². The summed E-state index contributed by atoms with van der Waals surface area (Å²) in [6.45, 7) is -0.273. The Morgan fingerprint density at radius 3 is 2.56 bits per heavy atom. The molecule has 5 heteroatoms. The smallest absolute Gasteiger partial charge is 0.337 e. The second-order valence-corrected chi connectivity index (χ2v) is 3.21. The van der Waals surface area contributed by atoms with Gasteiger partial charge in [0.15, 0.2) is 6.61 Å². The number of nitrogens with zero attached hydrogens (tertiary/aromatic N) is 1. The van der Waals surface area contributed by atoms with Gasteiger partial charge in [-0.3, -0.25) is 0 Å². The number of ether oxygens (including phenoxy) is 2. The fourth-order valence-corrected chi connectivity index (χ4v) is 1.16. The predicted molar refractivity (Wildman–Crippen MR) is 63.4 cm³/mol. The summed E-state index contributed by atoms with van der Waals surface area (Å²) in [5.74, 6) is -1.01. The van der Waals surface area contributed by atoms with Crippen LogP contribution in [0.5, 0.6) is 0 Å². The Labute approximate surface area is 104 Å². The number of carbonyl (C=O) groups excluding carboxylic acids is 2. The minimum Gasteiger partial charge on any atom is -0.465 e. The van der Waals surface area contributed by atoms with Gasteiger partial charge in [-0.05, 0) is 23.8 Å². The van der Waals surface area contributed by atoms with E-state index in [1.54, 1.807) is 30.3 Å². The average Bonchev–Trinajstić information content (AvgIpc) is 2.42. The molecule has 0 aromatic heterocycles. The van der Waals surface area contributed by atoms with Crippen molar-refractivity contribution in [2.45, 2.75) is 0 Å². The first-order valence-electron chi connectivity index (χ1n) is 5.07. The topological polar surface area (TPSA) is 76.4 Å². The molecule has 18 heavy (non-hydrogen) atoms. The summed E-state index contributed by atoms with van der Waals surface area (Å²) >= 11 is 0. The number of rotatable bonds is 4. The number of esters is 2.